The Labute approximate surface area is 120 Å². The van der Waals surface area contributed by atoms with Gasteiger partial charge in [0.1, 0.15) is 5.75 Å². The van der Waals surface area contributed by atoms with Gasteiger partial charge in [0.2, 0.25) is 0 Å². The van der Waals surface area contributed by atoms with Gasteiger partial charge in [0.25, 0.3) is 10.0 Å². The predicted molar refractivity (Wildman–Crippen MR) is 77.8 cm³/mol. The molecule has 2 rings (SSSR count). The molecule has 2 aromatic rings. The van der Waals surface area contributed by atoms with Crippen molar-refractivity contribution in [1.29, 1.82) is 0 Å². The van der Waals surface area contributed by atoms with Crippen LogP contribution in [0.5, 0.6) is 5.75 Å². The maximum atomic E-state index is 12.2. The van der Waals surface area contributed by atoms with Crippen molar-refractivity contribution in [2.24, 2.45) is 0 Å². The molecule has 0 atom stereocenters. The molecular weight excluding hydrogens is 330 g/mol. The molecule has 6 heteroatoms. The Bertz CT molecular complexity index is 714. The van der Waals surface area contributed by atoms with Gasteiger partial charge in [-0.2, -0.15) is 0 Å². The highest BCUT2D eigenvalue weighted by molar-refractivity contribution is 9.10. The lowest BCUT2D eigenvalue weighted by atomic mass is 10.2. The molecule has 0 unspecified atom stereocenters. The van der Waals surface area contributed by atoms with Gasteiger partial charge in [0, 0.05) is 4.47 Å². The molecule has 0 fully saturated rings. The van der Waals surface area contributed by atoms with Crippen LogP contribution in [-0.4, -0.2) is 13.5 Å². The monoisotopic (exact) mass is 341 g/mol. The van der Waals surface area contributed by atoms with Gasteiger partial charge in [-0.15, -0.1) is 0 Å². The minimum absolute atomic E-state index is 0.0685. The number of rotatable bonds is 3. The number of phenolic OH excluding ortho intramolecular Hbond substituents is 1. The first-order chi connectivity index (χ1) is 8.90. The van der Waals surface area contributed by atoms with Gasteiger partial charge < -0.3 is 5.11 Å². The van der Waals surface area contributed by atoms with Crippen molar-refractivity contribution in [3.05, 3.63) is 52.5 Å². The van der Waals surface area contributed by atoms with Gasteiger partial charge >= 0.3 is 0 Å². The Morgan fingerprint density at radius 3 is 2.53 bits per heavy atom. The highest BCUT2D eigenvalue weighted by atomic mass is 79.9. The summed E-state index contributed by atoms with van der Waals surface area (Å²) in [5.74, 6) is -0.0685. The summed E-state index contributed by atoms with van der Waals surface area (Å²) in [6.45, 7) is 1.70. The summed E-state index contributed by atoms with van der Waals surface area (Å²) in [6, 6.07) is 11.2. The van der Waals surface area contributed by atoms with E-state index in [0.29, 0.717) is 10.0 Å². The van der Waals surface area contributed by atoms with Crippen LogP contribution in [0, 0.1) is 6.92 Å². The van der Waals surface area contributed by atoms with E-state index in [1.54, 1.807) is 31.2 Å². The molecule has 0 saturated carbocycles. The van der Waals surface area contributed by atoms with E-state index >= 15 is 0 Å². The Morgan fingerprint density at radius 2 is 1.84 bits per heavy atom. The molecule has 0 saturated heterocycles. The van der Waals surface area contributed by atoms with E-state index < -0.39 is 10.0 Å². The minimum atomic E-state index is -3.72. The smallest absolute Gasteiger partial charge is 0.262 e. The summed E-state index contributed by atoms with van der Waals surface area (Å²) < 4.78 is 27.4. The van der Waals surface area contributed by atoms with Crippen molar-refractivity contribution in [3.63, 3.8) is 0 Å². The Hall–Kier alpha value is -1.53. The number of nitrogens with one attached hydrogen (secondary N) is 1. The molecule has 0 aliphatic heterocycles. The summed E-state index contributed by atoms with van der Waals surface area (Å²) in [6.07, 6.45) is 0. The van der Waals surface area contributed by atoms with E-state index in [9.17, 15) is 13.5 Å². The van der Waals surface area contributed by atoms with E-state index in [2.05, 4.69) is 20.7 Å². The lowest BCUT2D eigenvalue weighted by molar-refractivity contribution is 0.473. The predicted octanol–water partition coefficient (Wildman–Crippen LogP) is 3.26. The summed E-state index contributed by atoms with van der Waals surface area (Å²) in [5, 5.41) is 9.83. The first-order valence-corrected chi connectivity index (χ1v) is 7.75. The Balaban J connectivity index is 2.39. The second-order valence-electron chi connectivity index (χ2n) is 4.03. The third-order valence-electron chi connectivity index (χ3n) is 2.59. The number of halogens is 1. The van der Waals surface area contributed by atoms with Crippen LogP contribution in [0.4, 0.5) is 5.69 Å². The number of phenols is 1. The van der Waals surface area contributed by atoms with Crippen LogP contribution in [-0.2, 0) is 10.0 Å². The summed E-state index contributed by atoms with van der Waals surface area (Å²) >= 11 is 3.22. The average Bonchev–Trinajstić information content (AvgIpc) is 2.35. The van der Waals surface area contributed by atoms with Gasteiger partial charge in [-0.3, -0.25) is 4.72 Å². The first-order valence-electron chi connectivity index (χ1n) is 5.47. The van der Waals surface area contributed by atoms with E-state index in [-0.39, 0.29) is 16.3 Å². The van der Waals surface area contributed by atoms with Crippen LogP contribution < -0.4 is 4.72 Å². The van der Waals surface area contributed by atoms with Gasteiger partial charge in [-0.05, 0) is 36.8 Å². The van der Waals surface area contributed by atoms with Crippen LogP contribution in [0.15, 0.2) is 51.8 Å². The zero-order valence-electron chi connectivity index (χ0n) is 10.1. The van der Waals surface area contributed by atoms with Crippen molar-refractivity contribution in [1.82, 2.24) is 0 Å². The fraction of sp³-hybridized carbons (Fsp3) is 0.0769. The Kier molecular flexibility index (Phi) is 3.82. The number of aryl methyl sites for hydroxylation is 1. The maximum absolute atomic E-state index is 12.2. The molecule has 0 heterocycles. The third-order valence-corrected chi connectivity index (χ3v) is 4.44. The molecule has 2 aromatic carbocycles. The van der Waals surface area contributed by atoms with E-state index in [1.165, 1.54) is 18.2 Å². The lowest BCUT2D eigenvalue weighted by Crippen LogP contribution is -2.13. The average molecular weight is 342 g/mol. The van der Waals surface area contributed by atoms with Crippen LogP contribution in [0.1, 0.15) is 5.56 Å². The summed E-state index contributed by atoms with van der Waals surface area (Å²) in [5.41, 5.74) is 0.773. The van der Waals surface area contributed by atoms with E-state index in [1.807, 2.05) is 0 Å². The number of hydrogen-bond donors (Lipinski definition) is 2. The highest BCUT2D eigenvalue weighted by Crippen LogP contribution is 2.29. The van der Waals surface area contributed by atoms with Crippen LogP contribution in [0.25, 0.3) is 0 Å². The summed E-state index contributed by atoms with van der Waals surface area (Å²) in [4.78, 5) is 0.128. The van der Waals surface area contributed by atoms with Crippen molar-refractivity contribution in [2.75, 3.05) is 4.72 Å². The van der Waals surface area contributed by atoms with Gasteiger partial charge in [-0.1, -0.05) is 34.1 Å². The largest absolute Gasteiger partial charge is 0.505 e. The highest BCUT2D eigenvalue weighted by Gasteiger charge is 2.16. The number of hydrogen-bond acceptors (Lipinski definition) is 3. The number of anilines is 1. The molecule has 100 valence electrons. The van der Waals surface area contributed by atoms with Crippen LogP contribution in [0.2, 0.25) is 0 Å². The molecule has 0 spiro atoms. The fourth-order valence-electron chi connectivity index (χ4n) is 1.58. The second-order valence-corrected chi connectivity index (χ2v) is 6.63. The van der Waals surface area contributed by atoms with Crippen molar-refractivity contribution >= 4 is 31.6 Å². The molecule has 0 aromatic heterocycles. The van der Waals surface area contributed by atoms with Gasteiger partial charge in [0.05, 0.1) is 10.6 Å². The number of aromatic hydroxyl groups is 1. The van der Waals surface area contributed by atoms with Crippen molar-refractivity contribution in [3.8, 4) is 5.75 Å². The molecule has 0 bridgehead atoms. The zero-order chi connectivity index (χ0) is 14.0. The summed E-state index contributed by atoms with van der Waals surface area (Å²) in [7, 11) is -3.72. The lowest BCUT2D eigenvalue weighted by Gasteiger charge is -2.11. The van der Waals surface area contributed by atoms with Gasteiger partial charge in [-0.25, -0.2) is 8.42 Å². The first kappa shape index (κ1) is 13.9. The fourth-order valence-corrected chi connectivity index (χ4v) is 3.24. The van der Waals surface area contributed by atoms with E-state index in [0.717, 1.165) is 0 Å². The molecule has 4 nitrogen and oxygen atoms in total. The quantitative estimate of drug-likeness (QED) is 0.842. The Morgan fingerprint density at radius 1 is 1.16 bits per heavy atom. The molecule has 0 amide bonds. The molecule has 19 heavy (non-hydrogen) atoms. The van der Waals surface area contributed by atoms with E-state index in [4.69, 9.17) is 0 Å². The van der Waals surface area contributed by atoms with Crippen LogP contribution >= 0.6 is 15.9 Å². The maximum Gasteiger partial charge on any atom is 0.262 e. The van der Waals surface area contributed by atoms with Gasteiger partial charge in [0.15, 0.2) is 0 Å². The molecule has 0 aliphatic rings. The molecule has 0 aliphatic carbocycles. The normalized spacial score (nSPS) is 11.3. The number of benzene rings is 2. The minimum Gasteiger partial charge on any atom is -0.505 e. The molecular formula is C13H12BrNO3S. The molecule has 2 N–H and O–H groups in total. The third kappa shape index (κ3) is 3.08. The number of sulfonamides is 1. The molecule has 0 radical (unpaired) electrons. The van der Waals surface area contributed by atoms with Crippen molar-refractivity contribution < 1.29 is 13.5 Å². The van der Waals surface area contributed by atoms with Crippen LogP contribution in [0.3, 0.4) is 0 Å². The number of para-hydroxylation sites is 1. The SMILES string of the molecule is Cc1cccc(NS(=O)(=O)c2cccc(Br)c2)c1O. The second kappa shape index (κ2) is 5.22. The standard InChI is InChI=1S/C13H12BrNO3S/c1-9-4-2-7-12(13(9)16)15-19(17,18)11-6-3-5-10(14)8-11/h2-8,15-16H,1H3. The zero-order valence-corrected chi connectivity index (χ0v) is 12.5. The topological polar surface area (TPSA) is 66.4 Å². The van der Waals surface area contributed by atoms with Crippen molar-refractivity contribution in [2.45, 2.75) is 11.8 Å².